The van der Waals surface area contributed by atoms with Gasteiger partial charge in [0.2, 0.25) is 0 Å². The van der Waals surface area contributed by atoms with Gasteiger partial charge in [0.1, 0.15) is 0 Å². The van der Waals surface area contributed by atoms with Crippen LogP contribution in [0, 0.1) is 0 Å². The molecule has 1 amide bonds. The van der Waals surface area contributed by atoms with Crippen LogP contribution in [0.4, 0.5) is 5.69 Å². The van der Waals surface area contributed by atoms with Crippen molar-refractivity contribution in [3.8, 4) is 0 Å². The highest BCUT2D eigenvalue weighted by Crippen LogP contribution is 2.21. The predicted octanol–water partition coefficient (Wildman–Crippen LogP) is 3.15. The summed E-state index contributed by atoms with van der Waals surface area (Å²) in [6.45, 7) is 8.38. The van der Waals surface area contributed by atoms with E-state index in [0.29, 0.717) is 19.2 Å². The minimum atomic E-state index is 0.100. The van der Waals surface area contributed by atoms with Crippen molar-refractivity contribution < 1.29 is 9.53 Å². The summed E-state index contributed by atoms with van der Waals surface area (Å²) in [5, 5.41) is 3.35. The van der Waals surface area contributed by atoms with Crippen LogP contribution >= 0.6 is 0 Å². The average Bonchev–Trinajstić information content (AvgIpc) is 2.47. The highest BCUT2D eigenvalue weighted by molar-refractivity contribution is 5.99. The van der Waals surface area contributed by atoms with E-state index in [-0.39, 0.29) is 12.0 Å². The first kappa shape index (κ1) is 15.8. The maximum atomic E-state index is 12.8. The number of ether oxygens (including phenoxy) is 1. The standard InChI is InChI=1S/C17H26N2O2/c1-4-21-14-8-7-11-19(12-14)17(20)15-9-5-6-10-16(15)18-13(2)3/h5-6,9-10,13-14,18H,4,7-8,11-12H2,1-3H3. The molecule has 1 N–H and O–H groups in total. The lowest BCUT2D eigenvalue weighted by Crippen LogP contribution is -2.43. The lowest BCUT2D eigenvalue weighted by Gasteiger charge is -2.33. The van der Waals surface area contributed by atoms with E-state index in [1.165, 1.54) is 0 Å². The zero-order valence-corrected chi connectivity index (χ0v) is 13.3. The zero-order chi connectivity index (χ0) is 15.2. The van der Waals surface area contributed by atoms with Crippen molar-refractivity contribution in [2.24, 2.45) is 0 Å². The Bertz CT molecular complexity index is 472. The second kappa shape index (κ2) is 7.46. The summed E-state index contributed by atoms with van der Waals surface area (Å²) in [5.41, 5.74) is 1.67. The van der Waals surface area contributed by atoms with Gasteiger partial charge in [0.25, 0.3) is 5.91 Å². The Morgan fingerprint density at radius 2 is 2.19 bits per heavy atom. The van der Waals surface area contributed by atoms with Crippen molar-refractivity contribution in [1.82, 2.24) is 4.90 Å². The Labute approximate surface area is 127 Å². The summed E-state index contributed by atoms with van der Waals surface area (Å²) in [5.74, 6) is 0.100. The van der Waals surface area contributed by atoms with Crippen molar-refractivity contribution in [2.75, 3.05) is 25.0 Å². The van der Waals surface area contributed by atoms with E-state index < -0.39 is 0 Å². The lowest BCUT2D eigenvalue weighted by molar-refractivity contribution is 0.00727. The second-order valence-electron chi connectivity index (χ2n) is 5.82. The number of likely N-dealkylation sites (tertiary alicyclic amines) is 1. The smallest absolute Gasteiger partial charge is 0.256 e. The molecule has 0 aliphatic carbocycles. The molecule has 0 radical (unpaired) electrons. The number of carbonyl (C=O) groups is 1. The summed E-state index contributed by atoms with van der Waals surface area (Å²) in [4.78, 5) is 14.7. The molecule has 1 aromatic carbocycles. The molecule has 0 bridgehead atoms. The van der Waals surface area contributed by atoms with Crippen molar-refractivity contribution in [1.29, 1.82) is 0 Å². The molecule has 0 aromatic heterocycles. The Morgan fingerprint density at radius 1 is 1.43 bits per heavy atom. The molecule has 1 aromatic rings. The Morgan fingerprint density at radius 3 is 2.90 bits per heavy atom. The first-order valence-corrected chi connectivity index (χ1v) is 7.88. The van der Waals surface area contributed by atoms with Gasteiger partial charge in [-0.2, -0.15) is 0 Å². The number of hydrogen-bond donors (Lipinski definition) is 1. The van der Waals surface area contributed by atoms with Gasteiger partial charge in [0.15, 0.2) is 0 Å². The summed E-state index contributed by atoms with van der Waals surface area (Å²) in [7, 11) is 0. The van der Waals surface area contributed by atoms with Crippen LogP contribution in [0.25, 0.3) is 0 Å². The van der Waals surface area contributed by atoms with E-state index in [0.717, 1.165) is 30.6 Å². The van der Waals surface area contributed by atoms with Gasteiger partial charge in [-0.05, 0) is 45.7 Å². The van der Waals surface area contributed by atoms with Gasteiger partial charge in [-0.1, -0.05) is 12.1 Å². The summed E-state index contributed by atoms with van der Waals surface area (Å²) < 4.78 is 5.68. The highest BCUT2D eigenvalue weighted by atomic mass is 16.5. The van der Waals surface area contributed by atoms with E-state index in [4.69, 9.17) is 4.74 Å². The zero-order valence-electron chi connectivity index (χ0n) is 13.3. The minimum absolute atomic E-state index is 0.100. The molecule has 0 spiro atoms. The fourth-order valence-corrected chi connectivity index (χ4v) is 2.77. The number of nitrogens with one attached hydrogen (secondary N) is 1. The number of para-hydroxylation sites is 1. The number of carbonyl (C=O) groups excluding carboxylic acids is 1. The first-order valence-electron chi connectivity index (χ1n) is 7.88. The average molecular weight is 290 g/mol. The summed E-state index contributed by atoms with van der Waals surface area (Å²) in [6, 6.07) is 8.05. The predicted molar refractivity (Wildman–Crippen MR) is 85.8 cm³/mol. The fraction of sp³-hybridized carbons (Fsp3) is 0.588. The summed E-state index contributed by atoms with van der Waals surface area (Å²) >= 11 is 0. The molecule has 2 rings (SSSR count). The SMILES string of the molecule is CCOC1CCCN(C(=O)c2ccccc2NC(C)C)C1. The van der Waals surface area contributed by atoms with Gasteiger partial charge < -0.3 is 15.0 Å². The van der Waals surface area contributed by atoms with E-state index >= 15 is 0 Å². The maximum Gasteiger partial charge on any atom is 0.256 e. The molecule has 116 valence electrons. The number of benzene rings is 1. The van der Waals surface area contributed by atoms with Crippen LogP contribution in [0.15, 0.2) is 24.3 Å². The number of amides is 1. The van der Waals surface area contributed by atoms with Crippen LogP contribution in [0.5, 0.6) is 0 Å². The number of rotatable bonds is 5. The molecule has 4 heteroatoms. The molecule has 1 unspecified atom stereocenters. The molecule has 1 heterocycles. The van der Waals surface area contributed by atoms with Gasteiger partial charge in [-0.25, -0.2) is 0 Å². The van der Waals surface area contributed by atoms with E-state index in [1.54, 1.807) is 0 Å². The number of piperidine rings is 1. The van der Waals surface area contributed by atoms with Crippen LogP contribution in [-0.4, -0.2) is 42.6 Å². The van der Waals surface area contributed by atoms with Crippen molar-refractivity contribution in [2.45, 2.75) is 45.8 Å². The fourth-order valence-electron chi connectivity index (χ4n) is 2.77. The molecule has 21 heavy (non-hydrogen) atoms. The maximum absolute atomic E-state index is 12.8. The third-order valence-electron chi connectivity index (χ3n) is 3.67. The number of anilines is 1. The third-order valence-corrected chi connectivity index (χ3v) is 3.67. The van der Waals surface area contributed by atoms with Gasteiger partial charge in [-0.15, -0.1) is 0 Å². The molecule has 0 saturated carbocycles. The molecule has 4 nitrogen and oxygen atoms in total. The van der Waals surface area contributed by atoms with E-state index in [1.807, 2.05) is 36.1 Å². The Kier molecular flexibility index (Phi) is 5.62. The Balaban J connectivity index is 2.12. The molecule has 1 fully saturated rings. The third kappa shape index (κ3) is 4.21. The largest absolute Gasteiger partial charge is 0.382 e. The van der Waals surface area contributed by atoms with Crippen molar-refractivity contribution in [3.05, 3.63) is 29.8 Å². The summed E-state index contributed by atoms with van der Waals surface area (Å²) in [6.07, 6.45) is 2.23. The normalized spacial score (nSPS) is 18.9. The van der Waals surface area contributed by atoms with Crippen LogP contribution in [0.1, 0.15) is 44.0 Å². The van der Waals surface area contributed by atoms with Crippen LogP contribution < -0.4 is 5.32 Å². The van der Waals surface area contributed by atoms with Crippen LogP contribution in [0.2, 0.25) is 0 Å². The molecular formula is C17H26N2O2. The van der Waals surface area contributed by atoms with Crippen molar-refractivity contribution >= 4 is 11.6 Å². The highest BCUT2D eigenvalue weighted by Gasteiger charge is 2.26. The van der Waals surface area contributed by atoms with E-state index in [2.05, 4.69) is 19.2 Å². The lowest BCUT2D eigenvalue weighted by atomic mass is 10.1. The second-order valence-corrected chi connectivity index (χ2v) is 5.82. The molecule has 1 atom stereocenters. The van der Waals surface area contributed by atoms with Crippen molar-refractivity contribution in [3.63, 3.8) is 0 Å². The van der Waals surface area contributed by atoms with Gasteiger partial charge in [0.05, 0.1) is 11.7 Å². The van der Waals surface area contributed by atoms with Crippen LogP contribution in [0.3, 0.4) is 0 Å². The van der Waals surface area contributed by atoms with Gasteiger partial charge >= 0.3 is 0 Å². The monoisotopic (exact) mass is 290 g/mol. The molecule has 1 aliphatic rings. The quantitative estimate of drug-likeness (QED) is 0.905. The number of hydrogen-bond acceptors (Lipinski definition) is 3. The molecule has 1 aliphatic heterocycles. The first-order chi connectivity index (χ1) is 10.1. The Hall–Kier alpha value is -1.55. The number of nitrogens with zero attached hydrogens (tertiary/aromatic N) is 1. The van der Waals surface area contributed by atoms with Gasteiger partial charge in [-0.3, -0.25) is 4.79 Å². The van der Waals surface area contributed by atoms with Gasteiger partial charge in [0, 0.05) is 31.4 Å². The molecular weight excluding hydrogens is 264 g/mol. The van der Waals surface area contributed by atoms with Crippen LogP contribution in [-0.2, 0) is 4.74 Å². The topological polar surface area (TPSA) is 41.6 Å². The van der Waals surface area contributed by atoms with E-state index in [9.17, 15) is 4.79 Å². The minimum Gasteiger partial charge on any atom is -0.382 e. The molecule has 1 saturated heterocycles.